The largest absolute Gasteiger partial charge is 0.369 e. The Kier molecular flexibility index (Phi) is 6.04. The summed E-state index contributed by atoms with van der Waals surface area (Å²) in [5.41, 5.74) is 5.24. The maximum absolute atomic E-state index is 11.1. The van der Waals surface area contributed by atoms with Gasteiger partial charge in [0.1, 0.15) is 9.84 Å². The lowest BCUT2D eigenvalue weighted by Gasteiger charge is -2.33. The van der Waals surface area contributed by atoms with Gasteiger partial charge in [-0.25, -0.2) is 8.42 Å². The summed E-state index contributed by atoms with van der Waals surface area (Å²) in [5, 5.41) is 3.26. The predicted molar refractivity (Wildman–Crippen MR) is 71.0 cm³/mol. The fraction of sp³-hybridized carbons (Fsp3) is 0.909. The Morgan fingerprint density at radius 2 is 2.00 bits per heavy atom. The molecule has 0 bridgehead atoms. The van der Waals surface area contributed by atoms with E-state index >= 15 is 0 Å². The lowest BCUT2D eigenvalue weighted by atomic mass is 10.0. The number of nitrogens with zero attached hydrogens (tertiary/aromatic N) is 1. The molecular formula is C11H23N3O3S. The second-order valence-electron chi connectivity index (χ2n) is 4.90. The van der Waals surface area contributed by atoms with Crippen molar-refractivity contribution in [3.8, 4) is 0 Å². The average molecular weight is 277 g/mol. The Morgan fingerprint density at radius 3 is 2.50 bits per heavy atom. The van der Waals surface area contributed by atoms with Crippen LogP contribution in [0.1, 0.15) is 19.3 Å². The smallest absolute Gasteiger partial charge is 0.231 e. The van der Waals surface area contributed by atoms with Crippen LogP contribution < -0.4 is 11.1 Å². The fourth-order valence-corrected chi connectivity index (χ4v) is 2.95. The first-order valence-electron chi connectivity index (χ1n) is 6.29. The van der Waals surface area contributed by atoms with Crippen LogP contribution in [0.3, 0.4) is 0 Å². The van der Waals surface area contributed by atoms with Crippen LogP contribution in [0.15, 0.2) is 0 Å². The third-order valence-electron chi connectivity index (χ3n) is 3.14. The summed E-state index contributed by atoms with van der Waals surface area (Å²) in [6, 6.07) is 0.332. The first-order chi connectivity index (χ1) is 8.38. The van der Waals surface area contributed by atoms with Crippen molar-refractivity contribution in [1.29, 1.82) is 0 Å². The van der Waals surface area contributed by atoms with E-state index in [1.807, 2.05) is 4.90 Å². The Bertz CT molecular complexity index is 364. The Labute approximate surface area is 109 Å². The molecule has 1 aliphatic rings. The molecule has 18 heavy (non-hydrogen) atoms. The zero-order valence-corrected chi connectivity index (χ0v) is 11.7. The number of amides is 1. The highest BCUT2D eigenvalue weighted by Gasteiger charge is 2.22. The summed E-state index contributed by atoms with van der Waals surface area (Å²) in [6.07, 6.45) is 3.74. The van der Waals surface area contributed by atoms with Gasteiger partial charge < -0.3 is 11.1 Å². The molecule has 1 heterocycles. The van der Waals surface area contributed by atoms with Crippen LogP contribution in [0.25, 0.3) is 0 Å². The molecule has 1 rings (SSSR count). The summed E-state index contributed by atoms with van der Waals surface area (Å²) in [4.78, 5) is 13.1. The maximum Gasteiger partial charge on any atom is 0.231 e. The number of piperidine rings is 1. The van der Waals surface area contributed by atoms with E-state index in [9.17, 15) is 13.2 Å². The van der Waals surface area contributed by atoms with Crippen LogP contribution in [0.5, 0.6) is 0 Å². The van der Waals surface area contributed by atoms with E-state index in [1.165, 1.54) is 6.26 Å². The monoisotopic (exact) mass is 277 g/mol. The van der Waals surface area contributed by atoms with Crippen molar-refractivity contribution < 1.29 is 13.2 Å². The molecular weight excluding hydrogens is 254 g/mol. The van der Waals surface area contributed by atoms with Crippen molar-refractivity contribution in [2.24, 2.45) is 5.73 Å². The molecule has 3 N–H and O–H groups in total. The standard InChI is InChI=1S/C11H23N3O3S/c1-18(16,17)8-2-7-14(9-11(12)15)10-3-5-13-6-4-10/h10,13H,2-9H2,1H3,(H2,12,15). The van der Waals surface area contributed by atoms with Gasteiger partial charge in [-0.05, 0) is 38.9 Å². The topological polar surface area (TPSA) is 92.5 Å². The van der Waals surface area contributed by atoms with Gasteiger partial charge in [-0.3, -0.25) is 9.69 Å². The zero-order chi connectivity index (χ0) is 13.6. The van der Waals surface area contributed by atoms with Gasteiger partial charge in [0.15, 0.2) is 0 Å². The van der Waals surface area contributed by atoms with Gasteiger partial charge in [-0.1, -0.05) is 0 Å². The first kappa shape index (κ1) is 15.4. The highest BCUT2D eigenvalue weighted by Crippen LogP contribution is 2.12. The molecule has 0 aromatic heterocycles. The summed E-state index contributed by atoms with van der Waals surface area (Å²) >= 11 is 0. The summed E-state index contributed by atoms with van der Waals surface area (Å²) in [6.45, 7) is 2.70. The zero-order valence-electron chi connectivity index (χ0n) is 10.9. The van der Waals surface area contributed by atoms with Gasteiger partial charge >= 0.3 is 0 Å². The number of rotatable bonds is 7. The molecule has 1 amide bonds. The van der Waals surface area contributed by atoms with E-state index < -0.39 is 9.84 Å². The molecule has 0 aromatic rings. The second kappa shape index (κ2) is 7.06. The normalized spacial score (nSPS) is 18.1. The second-order valence-corrected chi connectivity index (χ2v) is 7.16. The number of sulfone groups is 1. The number of hydrogen-bond acceptors (Lipinski definition) is 5. The summed E-state index contributed by atoms with van der Waals surface area (Å²) < 4.78 is 22.2. The minimum atomic E-state index is -2.93. The third kappa shape index (κ3) is 6.32. The first-order valence-corrected chi connectivity index (χ1v) is 8.35. The van der Waals surface area contributed by atoms with Gasteiger partial charge in [0.05, 0.1) is 12.3 Å². The minimum absolute atomic E-state index is 0.160. The molecule has 7 heteroatoms. The Hall–Kier alpha value is -0.660. The van der Waals surface area contributed by atoms with Crippen molar-refractivity contribution in [3.05, 3.63) is 0 Å². The number of nitrogens with one attached hydrogen (secondary N) is 1. The molecule has 1 aliphatic heterocycles. The molecule has 0 spiro atoms. The molecule has 6 nitrogen and oxygen atoms in total. The van der Waals surface area contributed by atoms with Gasteiger partial charge in [0, 0.05) is 12.3 Å². The molecule has 0 unspecified atom stereocenters. The molecule has 1 saturated heterocycles. The lowest BCUT2D eigenvalue weighted by molar-refractivity contribution is -0.119. The van der Waals surface area contributed by atoms with Crippen LogP contribution in [-0.2, 0) is 14.6 Å². The van der Waals surface area contributed by atoms with E-state index in [1.54, 1.807) is 0 Å². The lowest BCUT2D eigenvalue weighted by Crippen LogP contribution is -2.47. The summed E-state index contributed by atoms with van der Waals surface area (Å²) in [7, 11) is -2.93. The van der Waals surface area contributed by atoms with E-state index in [0.717, 1.165) is 25.9 Å². The van der Waals surface area contributed by atoms with Crippen molar-refractivity contribution in [1.82, 2.24) is 10.2 Å². The fourth-order valence-electron chi connectivity index (χ4n) is 2.29. The van der Waals surface area contributed by atoms with E-state index in [2.05, 4.69) is 5.32 Å². The third-order valence-corrected chi connectivity index (χ3v) is 4.17. The van der Waals surface area contributed by atoms with E-state index in [-0.39, 0.29) is 18.2 Å². The number of hydrogen-bond donors (Lipinski definition) is 2. The van der Waals surface area contributed by atoms with Crippen LogP contribution in [0.4, 0.5) is 0 Å². The number of carbonyl (C=O) groups is 1. The highest BCUT2D eigenvalue weighted by molar-refractivity contribution is 7.90. The predicted octanol–water partition coefficient (Wildman–Crippen LogP) is -1.04. The molecule has 0 atom stereocenters. The van der Waals surface area contributed by atoms with E-state index in [0.29, 0.717) is 19.0 Å². The highest BCUT2D eigenvalue weighted by atomic mass is 32.2. The average Bonchev–Trinajstić information content (AvgIpc) is 2.27. The van der Waals surface area contributed by atoms with Crippen molar-refractivity contribution >= 4 is 15.7 Å². The molecule has 0 aliphatic carbocycles. The van der Waals surface area contributed by atoms with Crippen LogP contribution in [-0.4, -0.2) is 63.5 Å². The van der Waals surface area contributed by atoms with Crippen LogP contribution in [0, 0.1) is 0 Å². The van der Waals surface area contributed by atoms with Crippen molar-refractivity contribution in [2.45, 2.75) is 25.3 Å². The molecule has 106 valence electrons. The van der Waals surface area contributed by atoms with Crippen molar-refractivity contribution in [2.75, 3.05) is 38.2 Å². The number of primary amides is 1. The number of nitrogens with two attached hydrogens (primary N) is 1. The Balaban J connectivity index is 2.46. The van der Waals surface area contributed by atoms with Gasteiger partial charge in [-0.15, -0.1) is 0 Å². The summed E-state index contributed by atoms with van der Waals surface area (Å²) in [5.74, 6) is -0.194. The number of carbonyl (C=O) groups excluding carboxylic acids is 1. The Morgan fingerprint density at radius 1 is 1.39 bits per heavy atom. The SMILES string of the molecule is CS(=O)(=O)CCCN(CC(N)=O)C1CCNCC1. The minimum Gasteiger partial charge on any atom is -0.369 e. The van der Waals surface area contributed by atoms with Crippen molar-refractivity contribution in [3.63, 3.8) is 0 Å². The molecule has 0 aromatic carbocycles. The van der Waals surface area contributed by atoms with Gasteiger partial charge in [-0.2, -0.15) is 0 Å². The van der Waals surface area contributed by atoms with Gasteiger partial charge in [0.25, 0.3) is 0 Å². The van der Waals surface area contributed by atoms with Gasteiger partial charge in [0.2, 0.25) is 5.91 Å². The molecule has 0 saturated carbocycles. The quantitative estimate of drug-likeness (QED) is 0.620. The molecule has 1 fully saturated rings. The van der Waals surface area contributed by atoms with Crippen LogP contribution >= 0.6 is 0 Å². The van der Waals surface area contributed by atoms with Crippen LogP contribution in [0.2, 0.25) is 0 Å². The molecule has 0 radical (unpaired) electrons. The maximum atomic E-state index is 11.1. The van der Waals surface area contributed by atoms with E-state index in [4.69, 9.17) is 5.73 Å².